The number of piperidine rings is 1. The van der Waals surface area contributed by atoms with Crippen LogP contribution in [0, 0.1) is 0 Å². The summed E-state index contributed by atoms with van der Waals surface area (Å²) >= 11 is 0. The summed E-state index contributed by atoms with van der Waals surface area (Å²) in [5, 5.41) is 0. The Morgan fingerprint density at radius 3 is 3.00 bits per heavy atom. The lowest BCUT2D eigenvalue weighted by molar-refractivity contribution is 0.0728. The summed E-state index contributed by atoms with van der Waals surface area (Å²) in [4.78, 5) is 10.6. The molecule has 18 heavy (non-hydrogen) atoms. The molecular formula is C12H20N4O2. The van der Waals surface area contributed by atoms with E-state index < -0.39 is 0 Å². The van der Waals surface area contributed by atoms with Crippen LogP contribution in [0.3, 0.4) is 0 Å². The van der Waals surface area contributed by atoms with E-state index in [4.69, 9.17) is 15.2 Å². The van der Waals surface area contributed by atoms with E-state index in [1.807, 2.05) is 6.07 Å². The van der Waals surface area contributed by atoms with E-state index in [0.29, 0.717) is 6.61 Å². The fraction of sp³-hybridized carbons (Fsp3) is 0.667. The number of rotatable bonds is 4. The molecule has 0 saturated carbocycles. The summed E-state index contributed by atoms with van der Waals surface area (Å²) in [6.07, 6.45) is 2.53. The second-order valence-corrected chi connectivity index (χ2v) is 4.47. The Kier molecular flexibility index (Phi) is 4.46. The molecule has 1 aliphatic heterocycles. The van der Waals surface area contributed by atoms with E-state index in [2.05, 4.69) is 14.9 Å². The maximum Gasteiger partial charge on any atom is 0.132 e. The molecule has 1 fully saturated rings. The van der Waals surface area contributed by atoms with Gasteiger partial charge in [-0.2, -0.15) is 0 Å². The Balaban J connectivity index is 2.09. The van der Waals surface area contributed by atoms with Gasteiger partial charge in [0.1, 0.15) is 12.1 Å². The van der Waals surface area contributed by atoms with Crippen LogP contribution in [0.1, 0.15) is 12.1 Å². The molecule has 6 heteroatoms. The van der Waals surface area contributed by atoms with Crippen LogP contribution < -0.4 is 10.6 Å². The summed E-state index contributed by atoms with van der Waals surface area (Å²) < 4.78 is 10.5. The predicted molar refractivity (Wildman–Crippen MR) is 68.3 cm³/mol. The van der Waals surface area contributed by atoms with E-state index in [0.717, 1.165) is 31.0 Å². The van der Waals surface area contributed by atoms with Crippen LogP contribution in [-0.2, 0) is 16.1 Å². The Morgan fingerprint density at radius 1 is 1.44 bits per heavy atom. The van der Waals surface area contributed by atoms with Gasteiger partial charge in [-0.1, -0.05) is 0 Å². The Morgan fingerprint density at radius 2 is 2.28 bits per heavy atom. The normalized spacial score (nSPS) is 24.3. The first-order chi connectivity index (χ1) is 8.74. The minimum Gasteiger partial charge on any atom is -0.378 e. The lowest BCUT2D eigenvalue weighted by Crippen LogP contribution is -2.51. The molecule has 2 N–H and O–H groups in total. The molecule has 0 spiro atoms. The monoisotopic (exact) mass is 252 g/mol. The zero-order valence-corrected chi connectivity index (χ0v) is 10.9. The maximum atomic E-state index is 6.00. The summed E-state index contributed by atoms with van der Waals surface area (Å²) in [5.41, 5.74) is 6.88. The van der Waals surface area contributed by atoms with E-state index in [1.165, 1.54) is 0 Å². The minimum atomic E-state index is 0.0552. The third-order valence-electron chi connectivity index (χ3n) is 3.24. The second kappa shape index (κ2) is 6.08. The van der Waals surface area contributed by atoms with Crippen LogP contribution in [0.2, 0.25) is 0 Å². The molecule has 100 valence electrons. The molecule has 0 unspecified atom stereocenters. The van der Waals surface area contributed by atoms with Gasteiger partial charge in [-0.25, -0.2) is 9.97 Å². The molecular weight excluding hydrogens is 232 g/mol. The fourth-order valence-electron chi connectivity index (χ4n) is 2.18. The largest absolute Gasteiger partial charge is 0.378 e. The SMILES string of the molecule is COCc1cc(N2CC[C@H](N)[C@H](OC)C2)ncn1. The van der Waals surface area contributed by atoms with Crippen LogP contribution >= 0.6 is 0 Å². The highest BCUT2D eigenvalue weighted by Gasteiger charge is 2.27. The van der Waals surface area contributed by atoms with Crippen molar-refractivity contribution in [2.75, 3.05) is 32.2 Å². The van der Waals surface area contributed by atoms with Gasteiger partial charge >= 0.3 is 0 Å². The van der Waals surface area contributed by atoms with Crippen molar-refractivity contribution in [1.29, 1.82) is 0 Å². The zero-order valence-electron chi connectivity index (χ0n) is 10.9. The number of hydrogen-bond donors (Lipinski definition) is 1. The zero-order chi connectivity index (χ0) is 13.0. The lowest BCUT2D eigenvalue weighted by atomic mass is 10.0. The van der Waals surface area contributed by atoms with Crippen molar-refractivity contribution < 1.29 is 9.47 Å². The molecule has 0 bridgehead atoms. The molecule has 0 aliphatic carbocycles. The van der Waals surface area contributed by atoms with Gasteiger partial charge in [0.2, 0.25) is 0 Å². The molecule has 0 radical (unpaired) electrons. The maximum absolute atomic E-state index is 6.00. The van der Waals surface area contributed by atoms with Gasteiger partial charge in [-0.05, 0) is 6.42 Å². The number of nitrogens with two attached hydrogens (primary N) is 1. The first kappa shape index (κ1) is 13.2. The highest BCUT2D eigenvalue weighted by molar-refractivity contribution is 5.39. The van der Waals surface area contributed by atoms with Gasteiger partial charge in [0.15, 0.2) is 0 Å². The summed E-state index contributed by atoms with van der Waals surface area (Å²) in [6.45, 7) is 2.15. The molecule has 0 amide bonds. The molecule has 1 aromatic heterocycles. The van der Waals surface area contributed by atoms with Gasteiger partial charge in [-0.3, -0.25) is 0 Å². The van der Waals surface area contributed by atoms with Crippen molar-refractivity contribution in [3.8, 4) is 0 Å². The van der Waals surface area contributed by atoms with Crippen LogP contribution in [0.15, 0.2) is 12.4 Å². The van der Waals surface area contributed by atoms with E-state index in [1.54, 1.807) is 20.5 Å². The van der Waals surface area contributed by atoms with Crippen molar-refractivity contribution in [3.05, 3.63) is 18.1 Å². The Labute approximate surface area is 107 Å². The molecule has 2 rings (SSSR count). The van der Waals surface area contributed by atoms with E-state index >= 15 is 0 Å². The third kappa shape index (κ3) is 2.95. The molecule has 2 atom stereocenters. The fourth-order valence-corrected chi connectivity index (χ4v) is 2.18. The molecule has 1 aliphatic rings. The van der Waals surface area contributed by atoms with Gasteiger partial charge < -0.3 is 20.1 Å². The molecule has 2 heterocycles. The first-order valence-corrected chi connectivity index (χ1v) is 6.07. The molecule has 1 aromatic rings. The van der Waals surface area contributed by atoms with Crippen molar-refractivity contribution in [3.63, 3.8) is 0 Å². The Hall–Kier alpha value is -1.24. The van der Waals surface area contributed by atoms with Crippen molar-refractivity contribution in [2.45, 2.75) is 25.2 Å². The number of anilines is 1. The van der Waals surface area contributed by atoms with E-state index in [-0.39, 0.29) is 12.1 Å². The lowest BCUT2D eigenvalue weighted by Gasteiger charge is -2.36. The van der Waals surface area contributed by atoms with Crippen molar-refractivity contribution in [2.24, 2.45) is 5.73 Å². The summed E-state index contributed by atoms with van der Waals surface area (Å²) in [7, 11) is 3.35. The predicted octanol–water partition coefficient (Wildman–Crippen LogP) is 0.175. The average molecular weight is 252 g/mol. The van der Waals surface area contributed by atoms with Crippen LogP contribution in [0.25, 0.3) is 0 Å². The molecule has 0 aromatic carbocycles. The number of nitrogens with zero attached hydrogens (tertiary/aromatic N) is 3. The van der Waals surface area contributed by atoms with Crippen molar-refractivity contribution >= 4 is 5.82 Å². The highest BCUT2D eigenvalue weighted by atomic mass is 16.5. The van der Waals surface area contributed by atoms with Gasteiger partial charge in [-0.15, -0.1) is 0 Å². The topological polar surface area (TPSA) is 73.5 Å². The second-order valence-electron chi connectivity index (χ2n) is 4.47. The number of methoxy groups -OCH3 is 2. The quantitative estimate of drug-likeness (QED) is 0.824. The smallest absolute Gasteiger partial charge is 0.132 e. The average Bonchev–Trinajstić information content (AvgIpc) is 2.40. The molecule has 6 nitrogen and oxygen atoms in total. The van der Waals surface area contributed by atoms with Gasteiger partial charge in [0.05, 0.1) is 18.4 Å². The van der Waals surface area contributed by atoms with Crippen LogP contribution in [0.5, 0.6) is 0 Å². The van der Waals surface area contributed by atoms with Gasteiger partial charge in [0, 0.05) is 39.4 Å². The van der Waals surface area contributed by atoms with Crippen molar-refractivity contribution in [1.82, 2.24) is 9.97 Å². The summed E-state index contributed by atoms with van der Waals surface area (Å²) in [5.74, 6) is 0.908. The third-order valence-corrected chi connectivity index (χ3v) is 3.24. The first-order valence-electron chi connectivity index (χ1n) is 6.07. The van der Waals surface area contributed by atoms with Crippen LogP contribution in [0.4, 0.5) is 5.82 Å². The standard InChI is InChI=1S/C12H20N4O2/c1-17-7-9-5-12(15-8-14-9)16-4-3-10(13)11(6-16)18-2/h5,8,10-11H,3-4,6-7,13H2,1-2H3/t10-,11+/m0/s1. The Bertz CT molecular complexity index is 388. The number of hydrogen-bond acceptors (Lipinski definition) is 6. The summed E-state index contributed by atoms with van der Waals surface area (Å²) in [6, 6.07) is 2.05. The highest BCUT2D eigenvalue weighted by Crippen LogP contribution is 2.19. The molecule has 1 saturated heterocycles. The van der Waals surface area contributed by atoms with Crippen LogP contribution in [-0.4, -0.2) is 49.4 Å². The number of aromatic nitrogens is 2. The number of ether oxygens (including phenoxy) is 2. The van der Waals surface area contributed by atoms with Gasteiger partial charge in [0.25, 0.3) is 0 Å². The minimum absolute atomic E-state index is 0.0552. The van der Waals surface area contributed by atoms with E-state index in [9.17, 15) is 0 Å².